The predicted molar refractivity (Wildman–Crippen MR) is 73.9 cm³/mol. The molecule has 0 radical (unpaired) electrons. The van der Waals surface area contributed by atoms with Gasteiger partial charge in [0.05, 0.1) is 12.1 Å². The van der Waals surface area contributed by atoms with Gasteiger partial charge in [0, 0.05) is 25.1 Å². The number of ether oxygens (including phenoxy) is 1. The van der Waals surface area contributed by atoms with Crippen molar-refractivity contribution in [3.8, 4) is 0 Å². The topological polar surface area (TPSA) is 50.4 Å². The smallest absolute Gasteiger partial charge is 0.220 e. The van der Waals surface area contributed by atoms with E-state index in [4.69, 9.17) is 4.74 Å². The molecular formula is C15H26N2O2. The van der Waals surface area contributed by atoms with Gasteiger partial charge in [0.15, 0.2) is 0 Å². The lowest BCUT2D eigenvalue weighted by Gasteiger charge is -2.35. The summed E-state index contributed by atoms with van der Waals surface area (Å²) in [4.78, 5) is 12.2. The molecule has 3 atom stereocenters. The summed E-state index contributed by atoms with van der Waals surface area (Å²) in [5, 5.41) is 6.84. The molecule has 2 N–H and O–H groups in total. The Morgan fingerprint density at radius 3 is 2.74 bits per heavy atom. The molecule has 108 valence electrons. The summed E-state index contributed by atoms with van der Waals surface area (Å²) in [6, 6.07) is 1.34. The molecule has 0 aliphatic carbocycles. The minimum Gasteiger partial charge on any atom is -0.379 e. The monoisotopic (exact) mass is 266 g/mol. The van der Waals surface area contributed by atoms with Crippen molar-refractivity contribution in [1.82, 2.24) is 10.6 Å². The molecule has 0 spiro atoms. The van der Waals surface area contributed by atoms with Crippen LogP contribution < -0.4 is 10.6 Å². The van der Waals surface area contributed by atoms with E-state index in [0.717, 1.165) is 19.4 Å². The van der Waals surface area contributed by atoms with Crippen molar-refractivity contribution in [3.63, 3.8) is 0 Å². The molecule has 1 amide bonds. The van der Waals surface area contributed by atoms with Gasteiger partial charge < -0.3 is 15.4 Å². The highest BCUT2D eigenvalue weighted by atomic mass is 16.5. The van der Waals surface area contributed by atoms with E-state index in [2.05, 4.69) is 17.6 Å². The zero-order valence-corrected chi connectivity index (χ0v) is 11.9. The van der Waals surface area contributed by atoms with E-state index >= 15 is 0 Å². The van der Waals surface area contributed by atoms with Crippen LogP contribution >= 0.6 is 0 Å². The van der Waals surface area contributed by atoms with E-state index in [1.165, 1.54) is 25.7 Å². The van der Waals surface area contributed by atoms with Crippen LogP contribution in [0.15, 0.2) is 0 Å². The van der Waals surface area contributed by atoms with Gasteiger partial charge in [-0.1, -0.05) is 0 Å². The molecule has 0 aromatic rings. The van der Waals surface area contributed by atoms with Gasteiger partial charge >= 0.3 is 0 Å². The Morgan fingerprint density at radius 2 is 2.11 bits per heavy atom. The van der Waals surface area contributed by atoms with Crippen molar-refractivity contribution < 1.29 is 9.53 Å². The van der Waals surface area contributed by atoms with Crippen LogP contribution in [0, 0.1) is 5.92 Å². The van der Waals surface area contributed by atoms with Crippen molar-refractivity contribution in [1.29, 1.82) is 0 Å². The Balaban J connectivity index is 1.48. The van der Waals surface area contributed by atoms with E-state index in [1.807, 2.05) is 0 Å². The minimum absolute atomic E-state index is 0.138. The Bertz CT molecular complexity index is 327. The fourth-order valence-electron chi connectivity index (χ4n) is 4.02. The number of hydrogen-bond donors (Lipinski definition) is 2. The van der Waals surface area contributed by atoms with Crippen molar-refractivity contribution in [2.45, 2.75) is 69.5 Å². The van der Waals surface area contributed by atoms with Gasteiger partial charge in [0.25, 0.3) is 0 Å². The van der Waals surface area contributed by atoms with E-state index in [9.17, 15) is 4.79 Å². The first-order valence-electron chi connectivity index (χ1n) is 7.78. The van der Waals surface area contributed by atoms with Crippen LogP contribution in [0.25, 0.3) is 0 Å². The Morgan fingerprint density at radius 1 is 1.37 bits per heavy atom. The summed E-state index contributed by atoms with van der Waals surface area (Å²) in [5.41, 5.74) is -0.138. The molecule has 3 heterocycles. The molecule has 19 heavy (non-hydrogen) atoms. The Kier molecular flexibility index (Phi) is 3.81. The fourth-order valence-corrected chi connectivity index (χ4v) is 4.02. The van der Waals surface area contributed by atoms with E-state index in [1.54, 1.807) is 0 Å². The number of carbonyl (C=O) groups excluding carboxylic acids is 1. The third kappa shape index (κ3) is 3.29. The molecule has 3 aliphatic heterocycles. The lowest BCUT2D eigenvalue weighted by atomic mass is 9.88. The quantitative estimate of drug-likeness (QED) is 0.815. The molecule has 3 unspecified atom stereocenters. The number of nitrogens with one attached hydrogen (secondary N) is 2. The normalized spacial score (nSPS) is 42.1. The van der Waals surface area contributed by atoms with Gasteiger partial charge in [0.1, 0.15) is 0 Å². The van der Waals surface area contributed by atoms with Gasteiger partial charge in [-0.25, -0.2) is 0 Å². The first-order valence-corrected chi connectivity index (χ1v) is 7.78. The highest BCUT2D eigenvalue weighted by Crippen LogP contribution is 2.32. The van der Waals surface area contributed by atoms with Crippen molar-refractivity contribution in [2.75, 3.05) is 13.2 Å². The predicted octanol–water partition coefficient (Wildman–Crippen LogP) is 1.59. The van der Waals surface area contributed by atoms with Crippen molar-refractivity contribution >= 4 is 5.91 Å². The summed E-state index contributed by atoms with van der Waals surface area (Å²) >= 11 is 0. The van der Waals surface area contributed by atoms with E-state index < -0.39 is 0 Å². The van der Waals surface area contributed by atoms with Gasteiger partial charge in [-0.2, -0.15) is 0 Å². The summed E-state index contributed by atoms with van der Waals surface area (Å²) in [7, 11) is 0. The van der Waals surface area contributed by atoms with Gasteiger partial charge in [-0.05, 0) is 51.4 Å². The van der Waals surface area contributed by atoms with Crippen LogP contribution in [0.2, 0.25) is 0 Å². The molecule has 0 aromatic heterocycles. The van der Waals surface area contributed by atoms with Crippen LogP contribution in [0.5, 0.6) is 0 Å². The summed E-state index contributed by atoms with van der Waals surface area (Å²) in [5.74, 6) is 0.797. The zero-order valence-electron chi connectivity index (χ0n) is 11.9. The molecule has 3 saturated heterocycles. The highest BCUT2D eigenvalue weighted by molar-refractivity contribution is 5.77. The van der Waals surface area contributed by atoms with E-state index in [0.29, 0.717) is 31.0 Å². The van der Waals surface area contributed by atoms with Crippen LogP contribution in [0.1, 0.15) is 51.9 Å². The van der Waals surface area contributed by atoms with Crippen LogP contribution in [0.4, 0.5) is 0 Å². The SMILES string of the molecule is CC1(NC(=O)CC2CC3CCC(C2)N3)CCCOC1. The molecular weight excluding hydrogens is 240 g/mol. The Labute approximate surface area is 115 Å². The Hall–Kier alpha value is -0.610. The molecule has 3 rings (SSSR count). The van der Waals surface area contributed by atoms with Crippen molar-refractivity contribution in [3.05, 3.63) is 0 Å². The second-order valence-electron chi connectivity index (χ2n) is 6.94. The maximum absolute atomic E-state index is 12.2. The van der Waals surface area contributed by atoms with Gasteiger partial charge in [0.2, 0.25) is 5.91 Å². The number of hydrogen-bond acceptors (Lipinski definition) is 3. The molecule has 4 nitrogen and oxygen atoms in total. The second kappa shape index (κ2) is 5.41. The lowest BCUT2D eigenvalue weighted by molar-refractivity contribution is -0.125. The zero-order chi connectivity index (χ0) is 13.3. The molecule has 0 aromatic carbocycles. The minimum atomic E-state index is -0.138. The van der Waals surface area contributed by atoms with Crippen LogP contribution in [-0.4, -0.2) is 36.7 Å². The van der Waals surface area contributed by atoms with E-state index in [-0.39, 0.29) is 11.4 Å². The van der Waals surface area contributed by atoms with Crippen LogP contribution in [-0.2, 0) is 9.53 Å². The highest BCUT2D eigenvalue weighted by Gasteiger charge is 2.35. The average molecular weight is 266 g/mol. The number of fused-ring (bicyclic) bond motifs is 2. The maximum Gasteiger partial charge on any atom is 0.220 e. The van der Waals surface area contributed by atoms with Gasteiger partial charge in [-0.15, -0.1) is 0 Å². The molecule has 4 heteroatoms. The van der Waals surface area contributed by atoms with Crippen molar-refractivity contribution in [2.24, 2.45) is 5.92 Å². The number of amides is 1. The average Bonchev–Trinajstić information content (AvgIpc) is 2.68. The third-order valence-corrected chi connectivity index (χ3v) is 4.92. The van der Waals surface area contributed by atoms with Crippen LogP contribution in [0.3, 0.4) is 0 Å². The molecule has 3 fully saturated rings. The largest absolute Gasteiger partial charge is 0.379 e. The molecule has 3 aliphatic rings. The summed E-state index contributed by atoms with van der Waals surface area (Å²) < 4.78 is 5.50. The maximum atomic E-state index is 12.2. The number of carbonyl (C=O) groups is 1. The second-order valence-corrected chi connectivity index (χ2v) is 6.94. The standard InChI is InChI=1S/C15H26N2O2/c1-15(5-2-6-19-10-15)17-14(18)9-11-7-12-3-4-13(8-11)16-12/h11-13,16H,2-10H2,1H3,(H,17,18). The lowest BCUT2D eigenvalue weighted by Crippen LogP contribution is -2.52. The molecule has 0 saturated carbocycles. The molecule has 2 bridgehead atoms. The third-order valence-electron chi connectivity index (χ3n) is 4.92. The fraction of sp³-hybridized carbons (Fsp3) is 0.933. The summed E-state index contributed by atoms with van der Waals surface area (Å²) in [6.45, 7) is 3.61. The first-order chi connectivity index (χ1) is 9.13. The number of rotatable bonds is 3. The number of piperidine rings is 1. The summed E-state index contributed by atoms with van der Waals surface area (Å²) in [6.07, 6.45) is 7.74. The van der Waals surface area contributed by atoms with Gasteiger partial charge in [-0.3, -0.25) is 4.79 Å². The first kappa shape index (κ1) is 13.4.